The van der Waals surface area contributed by atoms with Crippen molar-refractivity contribution in [2.45, 2.75) is 27.7 Å². The van der Waals surface area contributed by atoms with Crippen molar-refractivity contribution >= 4 is 6.29 Å². The van der Waals surface area contributed by atoms with Gasteiger partial charge in [0, 0.05) is 5.41 Å². The molecule has 0 aromatic rings. The number of rotatable bonds is 1. The average molecular weight is 164 g/mol. The van der Waals surface area contributed by atoms with Crippen molar-refractivity contribution in [3.8, 4) is 0 Å². The van der Waals surface area contributed by atoms with Crippen molar-refractivity contribution < 1.29 is 4.79 Å². The highest BCUT2D eigenvalue weighted by Gasteiger charge is 2.31. The number of aldehydes is 1. The number of carbonyl (C=O) groups excluding carboxylic acids is 1. The molecule has 0 spiro atoms. The Morgan fingerprint density at radius 1 is 1.50 bits per heavy atom. The van der Waals surface area contributed by atoms with Gasteiger partial charge in [0.2, 0.25) is 0 Å². The van der Waals surface area contributed by atoms with Crippen molar-refractivity contribution in [1.82, 2.24) is 0 Å². The number of hydrogen-bond acceptors (Lipinski definition) is 1. The lowest BCUT2D eigenvalue weighted by Crippen LogP contribution is -2.28. The molecule has 0 N–H and O–H groups in total. The third-order valence-corrected chi connectivity index (χ3v) is 2.86. The second-order valence-electron chi connectivity index (χ2n) is 3.98. The van der Waals surface area contributed by atoms with E-state index in [1.807, 2.05) is 13.8 Å². The predicted molar refractivity (Wildman–Crippen MR) is 50.8 cm³/mol. The van der Waals surface area contributed by atoms with Crippen LogP contribution < -0.4 is 0 Å². The molecule has 0 aliphatic heterocycles. The van der Waals surface area contributed by atoms with Crippen molar-refractivity contribution in [2.24, 2.45) is 11.3 Å². The monoisotopic (exact) mass is 164 g/mol. The second-order valence-corrected chi connectivity index (χ2v) is 3.98. The lowest BCUT2D eigenvalue weighted by molar-refractivity contribution is -0.114. The summed E-state index contributed by atoms with van der Waals surface area (Å²) in [7, 11) is 0. The molecule has 1 rings (SSSR count). The van der Waals surface area contributed by atoms with Crippen LogP contribution in [0.1, 0.15) is 27.7 Å². The molecular formula is C11H16O. The van der Waals surface area contributed by atoms with Gasteiger partial charge in [-0.1, -0.05) is 30.2 Å². The van der Waals surface area contributed by atoms with Crippen LogP contribution in [-0.2, 0) is 4.79 Å². The maximum Gasteiger partial charge on any atom is 0.130 e. The van der Waals surface area contributed by atoms with E-state index in [0.29, 0.717) is 5.92 Å². The smallest absolute Gasteiger partial charge is 0.130 e. The van der Waals surface area contributed by atoms with Crippen molar-refractivity contribution in [3.05, 3.63) is 23.3 Å². The van der Waals surface area contributed by atoms with Gasteiger partial charge >= 0.3 is 0 Å². The van der Waals surface area contributed by atoms with Gasteiger partial charge in [0.25, 0.3) is 0 Å². The molecule has 1 aliphatic carbocycles. The molecule has 0 bridgehead atoms. The molecule has 1 heteroatoms. The molecule has 1 nitrogen and oxygen atoms in total. The maximum atomic E-state index is 10.9. The Bertz CT molecular complexity index is 260. The summed E-state index contributed by atoms with van der Waals surface area (Å²) < 4.78 is 0. The fourth-order valence-electron chi connectivity index (χ4n) is 1.77. The van der Waals surface area contributed by atoms with Gasteiger partial charge in [0.05, 0.1) is 0 Å². The SMILES string of the molecule is CC1=CC(C)(C=O)C(C)C(C)=C1. The third-order valence-electron chi connectivity index (χ3n) is 2.86. The van der Waals surface area contributed by atoms with Gasteiger partial charge in [-0.25, -0.2) is 0 Å². The van der Waals surface area contributed by atoms with Gasteiger partial charge in [0.15, 0.2) is 0 Å². The van der Waals surface area contributed by atoms with Crippen LogP contribution in [0.3, 0.4) is 0 Å². The molecule has 0 saturated carbocycles. The minimum Gasteiger partial charge on any atom is -0.302 e. The van der Waals surface area contributed by atoms with Crippen molar-refractivity contribution in [3.63, 3.8) is 0 Å². The zero-order valence-electron chi connectivity index (χ0n) is 8.22. The molecule has 0 saturated heterocycles. The summed E-state index contributed by atoms with van der Waals surface area (Å²) in [6.07, 6.45) is 5.26. The molecule has 0 heterocycles. The van der Waals surface area contributed by atoms with E-state index < -0.39 is 0 Å². The number of allylic oxidation sites excluding steroid dienone is 4. The van der Waals surface area contributed by atoms with Crippen LogP contribution in [0.25, 0.3) is 0 Å². The van der Waals surface area contributed by atoms with E-state index in [4.69, 9.17) is 0 Å². The van der Waals surface area contributed by atoms with E-state index in [0.717, 1.165) is 6.29 Å². The molecule has 12 heavy (non-hydrogen) atoms. The molecule has 2 atom stereocenters. The quantitative estimate of drug-likeness (QED) is 0.544. The highest BCUT2D eigenvalue weighted by atomic mass is 16.1. The van der Waals surface area contributed by atoms with Crippen LogP contribution >= 0.6 is 0 Å². The summed E-state index contributed by atoms with van der Waals surface area (Å²) in [6.45, 7) is 8.22. The first-order valence-corrected chi connectivity index (χ1v) is 4.33. The van der Waals surface area contributed by atoms with Crippen LogP contribution in [-0.4, -0.2) is 6.29 Å². The number of hydrogen-bond donors (Lipinski definition) is 0. The topological polar surface area (TPSA) is 17.1 Å². The standard InChI is InChI=1S/C11H16O/c1-8-5-9(2)10(3)11(4,6-8)7-12/h5-7,10H,1-4H3. The van der Waals surface area contributed by atoms with Crippen molar-refractivity contribution in [1.29, 1.82) is 0 Å². The van der Waals surface area contributed by atoms with Crippen LogP contribution in [0.2, 0.25) is 0 Å². The first kappa shape index (κ1) is 9.24. The molecule has 0 radical (unpaired) electrons. The molecule has 0 fully saturated rings. The fourth-order valence-corrected chi connectivity index (χ4v) is 1.77. The van der Waals surface area contributed by atoms with Gasteiger partial charge in [-0.05, 0) is 26.7 Å². The summed E-state index contributed by atoms with van der Waals surface area (Å²) in [4.78, 5) is 10.9. The van der Waals surface area contributed by atoms with Gasteiger partial charge < -0.3 is 4.79 Å². The summed E-state index contributed by atoms with van der Waals surface area (Å²) in [5.74, 6) is 0.332. The summed E-state index contributed by atoms with van der Waals surface area (Å²) in [5, 5.41) is 0. The van der Waals surface area contributed by atoms with Crippen LogP contribution in [0.15, 0.2) is 23.3 Å². The minimum absolute atomic E-state index is 0.289. The summed E-state index contributed by atoms with van der Waals surface area (Å²) in [5.41, 5.74) is 2.20. The van der Waals surface area contributed by atoms with E-state index in [1.165, 1.54) is 11.1 Å². The highest BCUT2D eigenvalue weighted by Crippen LogP contribution is 2.37. The lowest BCUT2D eigenvalue weighted by atomic mass is 9.71. The largest absolute Gasteiger partial charge is 0.302 e. The molecule has 0 amide bonds. The van der Waals surface area contributed by atoms with E-state index in [2.05, 4.69) is 26.0 Å². The molecule has 0 aromatic carbocycles. The number of carbonyl (C=O) groups is 1. The van der Waals surface area contributed by atoms with E-state index in [9.17, 15) is 4.79 Å². The minimum atomic E-state index is -0.289. The summed E-state index contributed by atoms with van der Waals surface area (Å²) in [6, 6.07) is 0. The lowest BCUT2D eigenvalue weighted by Gasteiger charge is -2.31. The summed E-state index contributed by atoms with van der Waals surface area (Å²) >= 11 is 0. The predicted octanol–water partition coefficient (Wildman–Crippen LogP) is 2.73. The normalized spacial score (nSPS) is 35.5. The first-order chi connectivity index (χ1) is 5.49. The van der Waals surface area contributed by atoms with Crippen LogP contribution in [0.4, 0.5) is 0 Å². The Hall–Kier alpha value is -0.850. The fraction of sp³-hybridized carbons (Fsp3) is 0.545. The van der Waals surface area contributed by atoms with Crippen molar-refractivity contribution in [2.75, 3.05) is 0 Å². The Morgan fingerprint density at radius 2 is 2.08 bits per heavy atom. The Balaban J connectivity index is 3.09. The van der Waals surface area contributed by atoms with Gasteiger partial charge in [-0.3, -0.25) is 0 Å². The maximum absolute atomic E-state index is 10.9. The van der Waals surface area contributed by atoms with E-state index in [-0.39, 0.29) is 5.41 Å². The van der Waals surface area contributed by atoms with Gasteiger partial charge in [0.1, 0.15) is 6.29 Å². The zero-order valence-corrected chi connectivity index (χ0v) is 8.22. The van der Waals surface area contributed by atoms with Gasteiger partial charge in [-0.15, -0.1) is 0 Å². The Morgan fingerprint density at radius 3 is 2.58 bits per heavy atom. The molecule has 2 unspecified atom stereocenters. The van der Waals surface area contributed by atoms with Crippen LogP contribution in [0, 0.1) is 11.3 Å². The third kappa shape index (κ3) is 1.36. The Labute approximate surface area is 74.2 Å². The molecule has 0 aromatic heterocycles. The highest BCUT2D eigenvalue weighted by molar-refractivity contribution is 5.65. The first-order valence-electron chi connectivity index (χ1n) is 4.33. The zero-order chi connectivity index (χ0) is 9.35. The second kappa shape index (κ2) is 2.89. The molecular weight excluding hydrogens is 148 g/mol. The average Bonchev–Trinajstić information content (AvgIpc) is 2.00. The van der Waals surface area contributed by atoms with Crippen LogP contribution in [0.5, 0.6) is 0 Å². The molecule has 66 valence electrons. The molecule has 1 aliphatic rings. The Kier molecular flexibility index (Phi) is 2.22. The van der Waals surface area contributed by atoms with E-state index in [1.54, 1.807) is 0 Å². The van der Waals surface area contributed by atoms with Gasteiger partial charge in [-0.2, -0.15) is 0 Å². The van der Waals surface area contributed by atoms with E-state index >= 15 is 0 Å².